The summed E-state index contributed by atoms with van der Waals surface area (Å²) in [6.45, 7) is 2.07. The minimum Gasteiger partial charge on any atom is -0.314 e. The average Bonchev–Trinajstić information content (AvgIpc) is 2.90. The number of rotatable bonds is 3. The topological polar surface area (TPSA) is 24.9 Å². The van der Waals surface area contributed by atoms with Crippen molar-refractivity contribution in [1.29, 1.82) is 0 Å². The molecular weight excluding hydrogens is 160 g/mol. The molecule has 13 heavy (non-hydrogen) atoms. The zero-order valence-corrected chi connectivity index (χ0v) is 8.30. The number of aromatic nitrogens is 1. The van der Waals surface area contributed by atoms with Crippen molar-refractivity contribution in [1.82, 2.24) is 10.3 Å². The number of hydrogen-bond donors (Lipinski definition) is 1. The van der Waals surface area contributed by atoms with Crippen LogP contribution >= 0.6 is 0 Å². The molecule has 0 spiro atoms. The minimum atomic E-state index is 0.377. The van der Waals surface area contributed by atoms with Crippen LogP contribution in [0.2, 0.25) is 0 Å². The van der Waals surface area contributed by atoms with E-state index in [0.717, 1.165) is 6.42 Å². The number of nitrogens with zero attached hydrogens (tertiary/aromatic N) is 1. The molecule has 0 radical (unpaired) electrons. The van der Waals surface area contributed by atoms with E-state index in [-0.39, 0.29) is 0 Å². The second-order valence-corrected chi connectivity index (χ2v) is 4.03. The van der Waals surface area contributed by atoms with Gasteiger partial charge in [-0.3, -0.25) is 4.98 Å². The molecule has 1 heterocycles. The van der Waals surface area contributed by atoms with Crippen LogP contribution in [0, 0.1) is 6.92 Å². The molecule has 2 heteroatoms. The van der Waals surface area contributed by atoms with E-state index >= 15 is 0 Å². The first-order valence-corrected chi connectivity index (χ1v) is 4.85. The van der Waals surface area contributed by atoms with Gasteiger partial charge in [0.1, 0.15) is 0 Å². The van der Waals surface area contributed by atoms with E-state index in [1.54, 1.807) is 0 Å². The quantitative estimate of drug-likeness (QED) is 0.758. The lowest BCUT2D eigenvalue weighted by molar-refractivity contribution is 0.542. The van der Waals surface area contributed by atoms with E-state index in [1.807, 2.05) is 13.2 Å². The fourth-order valence-corrected chi connectivity index (χ4v) is 1.62. The smallest absolute Gasteiger partial charge is 0.0422 e. The molecule has 1 aromatic heterocycles. The lowest BCUT2D eigenvalue weighted by atomic mass is 10.1. The summed E-state index contributed by atoms with van der Waals surface area (Å²) in [6.07, 6.45) is 5.60. The van der Waals surface area contributed by atoms with Crippen molar-refractivity contribution < 1.29 is 0 Å². The van der Waals surface area contributed by atoms with Crippen molar-refractivity contribution in [3.05, 3.63) is 29.6 Å². The first-order chi connectivity index (χ1) is 6.24. The van der Waals surface area contributed by atoms with E-state index < -0.39 is 0 Å². The lowest BCUT2D eigenvalue weighted by Gasteiger charge is -2.12. The summed E-state index contributed by atoms with van der Waals surface area (Å²) < 4.78 is 0. The van der Waals surface area contributed by atoms with Gasteiger partial charge in [-0.1, -0.05) is 6.07 Å². The highest BCUT2D eigenvalue weighted by molar-refractivity contribution is 5.17. The number of hydrogen-bond acceptors (Lipinski definition) is 2. The molecule has 2 nitrogen and oxygen atoms in total. The zero-order chi connectivity index (χ0) is 9.31. The molecule has 0 atom stereocenters. The summed E-state index contributed by atoms with van der Waals surface area (Å²) in [6, 6.07) is 4.26. The minimum absolute atomic E-state index is 0.377. The molecule has 2 rings (SSSR count). The molecular formula is C11H16N2. The SMILES string of the molecule is CNC1(Cc2ccc(C)cn2)CC1. The summed E-state index contributed by atoms with van der Waals surface area (Å²) in [5.74, 6) is 0. The van der Waals surface area contributed by atoms with Crippen LogP contribution in [0.25, 0.3) is 0 Å². The maximum absolute atomic E-state index is 4.41. The highest BCUT2D eigenvalue weighted by atomic mass is 15.0. The van der Waals surface area contributed by atoms with Gasteiger partial charge in [-0.15, -0.1) is 0 Å². The normalized spacial score (nSPS) is 18.6. The Balaban J connectivity index is 2.06. The van der Waals surface area contributed by atoms with Gasteiger partial charge in [0, 0.05) is 23.9 Å². The Morgan fingerprint density at radius 3 is 2.69 bits per heavy atom. The van der Waals surface area contributed by atoms with Gasteiger partial charge in [-0.25, -0.2) is 0 Å². The second kappa shape index (κ2) is 3.11. The van der Waals surface area contributed by atoms with E-state index in [4.69, 9.17) is 0 Å². The summed E-state index contributed by atoms with van der Waals surface area (Å²) >= 11 is 0. The van der Waals surface area contributed by atoms with Gasteiger partial charge in [0.15, 0.2) is 0 Å². The van der Waals surface area contributed by atoms with Gasteiger partial charge in [0.2, 0.25) is 0 Å². The molecule has 0 unspecified atom stereocenters. The van der Waals surface area contributed by atoms with Crippen molar-refractivity contribution in [3.63, 3.8) is 0 Å². The number of likely N-dealkylation sites (N-methyl/N-ethyl adjacent to an activating group) is 1. The van der Waals surface area contributed by atoms with Gasteiger partial charge < -0.3 is 5.32 Å². The van der Waals surface area contributed by atoms with Gasteiger partial charge in [-0.05, 0) is 38.4 Å². The van der Waals surface area contributed by atoms with Gasteiger partial charge in [-0.2, -0.15) is 0 Å². The predicted molar refractivity (Wildman–Crippen MR) is 53.7 cm³/mol. The maximum atomic E-state index is 4.41. The van der Waals surface area contributed by atoms with Gasteiger partial charge in [0.05, 0.1) is 0 Å². The zero-order valence-electron chi connectivity index (χ0n) is 8.30. The Kier molecular flexibility index (Phi) is 2.08. The molecule has 1 N–H and O–H groups in total. The third kappa shape index (κ3) is 1.89. The van der Waals surface area contributed by atoms with Crippen LogP contribution in [0.15, 0.2) is 18.3 Å². The first-order valence-electron chi connectivity index (χ1n) is 4.85. The Morgan fingerprint density at radius 2 is 2.23 bits per heavy atom. The molecule has 0 aliphatic heterocycles. The molecule has 1 saturated carbocycles. The molecule has 0 amide bonds. The fraction of sp³-hybridized carbons (Fsp3) is 0.545. The first kappa shape index (κ1) is 8.70. The summed E-state index contributed by atoms with van der Waals surface area (Å²) in [7, 11) is 2.04. The van der Waals surface area contributed by atoms with E-state index in [9.17, 15) is 0 Å². The van der Waals surface area contributed by atoms with Crippen LogP contribution in [-0.2, 0) is 6.42 Å². The molecule has 0 saturated heterocycles. The van der Waals surface area contributed by atoms with E-state index in [1.165, 1.54) is 24.1 Å². The van der Waals surface area contributed by atoms with Crippen LogP contribution < -0.4 is 5.32 Å². The predicted octanol–water partition coefficient (Wildman–Crippen LogP) is 1.68. The van der Waals surface area contributed by atoms with Crippen molar-refractivity contribution in [2.75, 3.05) is 7.05 Å². The molecule has 0 bridgehead atoms. The third-order valence-electron chi connectivity index (χ3n) is 2.88. The Bertz CT molecular complexity index is 285. The molecule has 1 aliphatic carbocycles. The summed E-state index contributed by atoms with van der Waals surface area (Å²) in [5, 5.41) is 3.38. The number of aryl methyl sites for hydroxylation is 1. The van der Waals surface area contributed by atoms with Crippen LogP contribution in [0.4, 0.5) is 0 Å². The van der Waals surface area contributed by atoms with E-state index in [2.05, 4.69) is 29.4 Å². The van der Waals surface area contributed by atoms with E-state index in [0.29, 0.717) is 5.54 Å². The molecule has 1 fully saturated rings. The highest BCUT2D eigenvalue weighted by Crippen LogP contribution is 2.37. The van der Waals surface area contributed by atoms with Gasteiger partial charge in [0.25, 0.3) is 0 Å². The Hall–Kier alpha value is -0.890. The molecule has 1 aromatic rings. The fourth-order valence-electron chi connectivity index (χ4n) is 1.62. The standard InChI is InChI=1S/C11H16N2/c1-9-3-4-10(13-8-9)7-11(12-2)5-6-11/h3-4,8,12H,5-7H2,1-2H3. The van der Waals surface area contributed by atoms with Crippen molar-refractivity contribution in [2.45, 2.75) is 31.7 Å². The van der Waals surface area contributed by atoms with Crippen LogP contribution in [0.5, 0.6) is 0 Å². The van der Waals surface area contributed by atoms with Crippen LogP contribution in [0.3, 0.4) is 0 Å². The Morgan fingerprint density at radius 1 is 1.46 bits per heavy atom. The largest absolute Gasteiger partial charge is 0.314 e. The molecule has 1 aliphatic rings. The van der Waals surface area contributed by atoms with Crippen LogP contribution in [-0.4, -0.2) is 17.6 Å². The lowest BCUT2D eigenvalue weighted by Crippen LogP contribution is -2.29. The van der Waals surface area contributed by atoms with Crippen molar-refractivity contribution in [2.24, 2.45) is 0 Å². The second-order valence-electron chi connectivity index (χ2n) is 4.03. The summed E-state index contributed by atoms with van der Waals surface area (Å²) in [5.41, 5.74) is 2.82. The van der Waals surface area contributed by atoms with Crippen molar-refractivity contribution >= 4 is 0 Å². The molecule has 70 valence electrons. The monoisotopic (exact) mass is 176 g/mol. The average molecular weight is 176 g/mol. The van der Waals surface area contributed by atoms with Gasteiger partial charge >= 0.3 is 0 Å². The van der Waals surface area contributed by atoms with Crippen LogP contribution in [0.1, 0.15) is 24.1 Å². The summed E-state index contributed by atoms with van der Waals surface area (Å²) in [4.78, 5) is 4.41. The Labute approximate surface area is 79.4 Å². The van der Waals surface area contributed by atoms with Crippen molar-refractivity contribution in [3.8, 4) is 0 Å². The maximum Gasteiger partial charge on any atom is 0.0422 e. The third-order valence-corrected chi connectivity index (χ3v) is 2.88. The number of pyridine rings is 1. The number of nitrogens with one attached hydrogen (secondary N) is 1. The molecule has 0 aromatic carbocycles. The highest BCUT2D eigenvalue weighted by Gasteiger charge is 2.41.